The molecule has 4 rings (SSSR count). The molecule has 0 aliphatic rings. The van der Waals surface area contributed by atoms with Crippen molar-refractivity contribution in [3.8, 4) is 23.1 Å². The highest BCUT2D eigenvalue weighted by molar-refractivity contribution is 7.09. The Morgan fingerprint density at radius 2 is 2.00 bits per heavy atom. The molecular formula is C24H17F3N4O2S. The minimum absolute atomic E-state index is 0.217. The summed E-state index contributed by atoms with van der Waals surface area (Å²) in [5.41, 5.74) is 1.02. The van der Waals surface area contributed by atoms with Crippen molar-refractivity contribution in [3.05, 3.63) is 87.8 Å². The number of rotatable bonds is 5. The molecule has 0 N–H and O–H groups in total. The number of hydrogen-bond donors (Lipinski definition) is 0. The predicted molar refractivity (Wildman–Crippen MR) is 120 cm³/mol. The van der Waals surface area contributed by atoms with Crippen LogP contribution in [-0.2, 0) is 17.5 Å². The van der Waals surface area contributed by atoms with E-state index in [1.54, 1.807) is 36.7 Å². The first-order valence-corrected chi connectivity index (χ1v) is 11.0. The van der Waals surface area contributed by atoms with Gasteiger partial charge in [-0.3, -0.25) is 9.67 Å². The molecule has 0 radical (unpaired) electrons. The molecule has 0 bridgehead atoms. The van der Waals surface area contributed by atoms with Gasteiger partial charge in [-0.1, -0.05) is 11.8 Å². The molecule has 3 aromatic heterocycles. The topological polar surface area (TPSA) is 69.9 Å². The Hall–Kier alpha value is -3.97. The van der Waals surface area contributed by atoms with Crippen molar-refractivity contribution < 1.29 is 22.7 Å². The van der Waals surface area contributed by atoms with Crippen LogP contribution in [0.25, 0.3) is 11.3 Å². The molecule has 4 aromatic rings. The number of benzene rings is 1. The highest BCUT2D eigenvalue weighted by Crippen LogP contribution is 2.33. The van der Waals surface area contributed by atoms with Gasteiger partial charge in [0, 0.05) is 40.7 Å². The number of ether oxygens (including phenoxy) is 1. The van der Waals surface area contributed by atoms with Crippen LogP contribution in [0.3, 0.4) is 0 Å². The van der Waals surface area contributed by atoms with Crippen LogP contribution in [0.15, 0.2) is 60.5 Å². The average molecular weight is 482 g/mol. The summed E-state index contributed by atoms with van der Waals surface area (Å²) in [6.45, 7) is 2.23. The van der Waals surface area contributed by atoms with E-state index in [2.05, 4.69) is 26.9 Å². The molecule has 34 heavy (non-hydrogen) atoms. The fourth-order valence-electron chi connectivity index (χ4n) is 3.02. The number of carbonyl (C=O) groups excluding carboxylic acids is 1. The van der Waals surface area contributed by atoms with Crippen LogP contribution in [0.1, 0.15) is 39.0 Å². The SMILES string of the molecule is CCOC(=O)c1cnn(Cc2nc(-c3cc(C#Cc4cccnc4)cc(C(F)(F)F)c3)cs2)c1. The van der Waals surface area contributed by atoms with Crippen LogP contribution in [0.4, 0.5) is 13.2 Å². The highest BCUT2D eigenvalue weighted by Gasteiger charge is 2.31. The van der Waals surface area contributed by atoms with E-state index >= 15 is 0 Å². The van der Waals surface area contributed by atoms with Gasteiger partial charge in [-0.05, 0) is 37.3 Å². The first kappa shape index (κ1) is 23.2. The maximum absolute atomic E-state index is 13.5. The van der Waals surface area contributed by atoms with Gasteiger partial charge in [0.2, 0.25) is 0 Å². The van der Waals surface area contributed by atoms with Crippen molar-refractivity contribution in [2.45, 2.75) is 19.6 Å². The van der Waals surface area contributed by atoms with Gasteiger partial charge >= 0.3 is 12.1 Å². The molecule has 0 atom stereocenters. The Kier molecular flexibility index (Phi) is 6.75. The third kappa shape index (κ3) is 5.68. The quantitative estimate of drug-likeness (QED) is 0.294. The van der Waals surface area contributed by atoms with Gasteiger partial charge in [0.25, 0.3) is 0 Å². The van der Waals surface area contributed by atoms with Gasteiger partial charge in [0.05, 0.1) is 36.2 Å². The molecule has 1 aromatic carbocycles. The minimum atomic E-state index is -4.53. The summed E-state index contributed by atoms with van der Waals surface area (Å²) in [5, 5.41) is 6.42. The van der Waals surface area contributed by atoms with Crippen molar-refractivity contribution in [2.24, 2.45) is 0 Å². The zero-order valence-electron chi connectivity index (χ0n) is 17.8. The summed E-state index contributed by atoms with van der Waals surface area (Å²) in [6, 6.07) is 7.07. The third-order valence-corrected chi connectivity index (χ3v) is 5.40. The Bertz CT molecular complexity index is 1370. The second-order valence-electron chi connectivity index (χ2n) is 7.06. The van der Waals surface area contributed by atoms with Crippen molar-refractivity contribution in [1.82, 2.24) is 19.7 Å². The smallest absolute Gasteiger partial charge is 0.416 e. The second-order valence-corrected chi connectivity index (χ2v) is 8.00. The zero-order chi connectivity index (χ0) is 24.1. The van der Waals surface area contributed by atoms with E-state index in [0.717, 1.165) is 12.1 Å². The molecule has 172 valence electrons. The fraction of sp³-hybridized carbons (Fsp3) is 0.167. The lowest BCUT2D eigenvalue weighted by Crippen LogP contribution is -2.05. The average Bonchev–Trinajstić information content (AvgIpc) is 3.48. The van der Waals surface area contributed by atoms with Crippen LogP contribution in [-0.4, -0.2) is 32.3 Å². The van der Waals surface area contributed by atoms with E-state index in [4.69, 9.17) is 4.74 Å². The molecule has 0 aliphatic carbocycles. The number of halogens is 3. The van der Waals surface area contributed by atoms with E-state index in [1.807, 2.05) is 0 Å². The molecule has 6 nitrogen and oxygen atoms in total. The van der Waals surface area contributed by atoms with E-state index in [1.165, 1.54) is 34.6 Å². The molecule has 0 unspecified atom stereocenters. The van der Waals surface area contributed by atoms with Gasteiger partial charge in [-0.2, -0.15) is 18.3 Å². The summed E-state index contributed by atoms with van der Waals surface area (Å²) >= 11 is 1.28. The van der Waals surface area contributed by atoms with Crippen molar-refractivity contribution in [1.29, 1.82) is 0 Å². The highest BCUT2D eigenvalue weighted by atomic mass is 32.1. The molecule has 0 amide bonds. The summed E-state index contributed by atoms with van der Waals surface area (Å²) < 4.78 is 47.0. The minimum Gasteiger partial charge on any atom is -0.462 e. The largest absolute Gasteiger partial charge is 0.462 e. The molecular weight excluding hydrogens is 465 g/mol. The Balaban J connectivity index is 1.61. The number of hydrogen-bond acceptors (Lipinski definition) is 6. The summed E-state index contributed by atoms with van der Waals surface area (Å²) in [7, 11) is 0. The molecule has 0 aliphatic heterocycles. The number of thiazole rings is 1. The third-order valence-electron chi connectivity index (χ3n) is 4.56. The lowest BCUT2D eigenvalue weighted by Gasteiger charge is -2.09. The maximum atomic E-state index is 13.5. The molecule has 0 fully saturated rings. The van der Waals surface area contributed by atoms with Gasteiger partial charge in [0.15, 0.2) is 0 Å². The molecule has 0 saturated carbocycles. The zero-order valence-corrected chi connectivity index (χ0v) is 18.7. The van der Waals surface area contributed by atoms with E-state index < -0.39 is 17.7 Å². The number of alkyl halides is 3. The lowest BCUT2D eigenvalue weighted by molar-refractivity contribution is -0.137. The van der Waals surface area contributed by atoms with Gasteiger partial charge in [0.1, 0.15) is 5.01 Å². The predicted octanol–water partition coefficient (Wildman–Crippen LogP) is 5.05. The summed E-state index contributed by atoms with van der Waals surface area (Å²) in [4.78, 5) is 20.2. The Morgan fingerprint density at radius 3 is 2.74 bits per heavy atom. The van der Waals surface area contributed by atoms with Crippen LogP contribution in [0.5, 0.6) is 0 Å². The summed E-state index contributed by atoms with van der Waals surface area (Å²) in [6.07, 6.45) is 1.53. The normalized spacial score (nSPS) is 11.1. The van der Waals surface area contributed by atoms with Crippen LogP contribution >= 0.6 is 11.3 Å². The first-order valence-electron chi connectivity index (χ1n) is 10.1. The van der Waals surface area contributed by atoms with E-state index in [9.17, 15) is 18.0 Å². The Labute approximate surface area is 197 Å². The molecule has 10 heteroatoms. The fourth-order valence-corrected chi connectivity index (χ4v) is 3.81. The number of pyridine rings is 1. The van der Waals surface area contributed by atoms with Crippen molar-refractivity contribution >= 4 is 17.3 Å². The van der Waals surface area contributed by atoms with E-state index in [0.29, 0.717) is 27.4 Å². The lowest BCUT2D eigenvalue weighted by atomic mass is 10.0. The number of carbonyl (C=O) groups is 1. The summed E-state index contributed by atoms with van der Waals surface area (Å²) in [5.74, 6) is 5.14. The monoisotopic (exact) mass is 482 g/mol. The molecule has 0 saturated heterocycles. The standard InChI is InChI=1S/C24H17F3N4O2S/c1-2-33-23(32)19-12-29-31(13-19)14-22-30-21(15-34-22)18-8-17(9-20(10-18)24(25,26)27)6-5-16-4-3-7-28-11-16/h3-4,7-13,15H,2,14H2,1H3. The number of esters is 1. The maximum Gasteiger partial charge on any atom is 0.416 e. The van der Waals surface area contributed by atoms with Crippen LogP contribution in [0, 0.1) is 11.8 Å². The van der Waals surface area contributed by atoms with Gasteiger partial charge in [-0.25, -0.2) is 9.78 Å². The van der Waals surface area contributed by atoms with Crippen molar-refractivity contribution in [2.75, 3.05) is 6.61 Å². The number of nitrogens with zero attached hydrogens (tertiary/aromatic N) is 4. The van der Waals surface area contributed by atoms with Crippen molar-refractivity contribution in [3.63, 3.8) is 0 Å². The molecule has 3 heterocycles. The van der Waals surface area contributed by atoms with Gasteiger partial charge < -0.3 is 4.74 Å². The second kappa shape index (κ2) is 9.89. The first-order chi connectivity index (χ1) is 16.3. The number of aromatic nitrogens is 4. The van der Waals surface area contributed by atoms with E-state index in [-0.39, 0.29) is 18.7 Å². The van der Waals surface area contributed by atoms with Crippen LogP contribution in [0.2, 0.25) is 0 Å². The molecule has 0 spiro atoms. The van der Waals surface area contributed by atoms with Crippen LogP contribution < -0.4 is 0 Å². The van der Waals surface area contributed by atoms with Gasteiger partial charge in [-0.15, -0.1) is 11.3 Å². The Morgan fingerprint density at radius 1 is 1.18 bits per heavy atom.